The van der Waals surface area contributed by atoms with Crippen LogP contribution in [0.4, 0.5) is 13.2 Å². The molecule has 10 amide bonds. The molecule has 18 N–H and O–H groups in total. The lowest BCUT2D eigenvalue weighted by atomic mass is 9.76. The summed E-state index contributed by atoms with van der Waals surface area (Å²) in [6.07, 6.45) is 1.11. The van der Waals surface area contributed by atoms with E-state index in [0.717, 1.165) is 16.7 Å². The van der Waals surface area contributed by atoms with E-state index >= 15 is 32.8 Å². The molecule has 3 aliphatic carbocycles. The normalized spacial score (nSPS) is 33.8. The minimum Gasteiger partial charge on any atom is -0.481 e. The molecule has 2 aromatic carbocycles. The Kier molecular flexibility index (Phi) is 31.4. The molecule has 7 fully saturated rings. The predicted molar refractivity (Wildman–Crippen MR) is 399 cm³/mol. The number of carboxylic acids is 1. The maximum absolute atomic E-state index is 15.7. The van der Waals surface area contributed by atoms with Crippen LogP contribution < -0.4 is 75.3 Å². The second kappa shape index (κ2) is 40.7. The monoisotopic (exact) mass is 1550 g/mol. The summed E-state index contributed by atoms with van der Waals surface area (Å²) in [5.41, 5.74) is 14.4. The molecule has 0 radical (unpaired) electrons. The molecule has 18 atom stereocenters. The second-order valence-corrected chi connectivity index (χ2v) is 33.1. The molecule has 0 aromatic heterocycles. The zero-order valence-electron chi connectivity index (χ0n) is 61.2. The summed E-state index contributed by atoms with van der Waals surface area (Å²) in [7, 11) is 0. The fourth-order valence-corrected chi connectivity index (χ4v) is 19.1. The molecule has 596 valence electrons. The van der Waals surface area contributed by atoms with Crippen molar-refractivity contribution in [3.63, 3.8) is 0 Å². The summed E-state index contributed by atoms with van der Waals surface area (Å²) < 4.78 is 44.8. The summed E-state index contributed by atoms with van der Waals surface area (Å²) in [6.45, 7) is 0.918. The highest BCUT2D eigenvalue weighted by Crippen LogP contribution is 2.40. The van der Waals surface area contributed by atoms with Gasteiger partial charge in [-0.2, -0.15) is 23.5 Å². The average molecular weight is 1550 g/mol. The van der Waals surface area contributed by atoms with Crippen molar-refractivity contribution >= 4 is 88.6 Å². The van der Waals surface area contributed by atoms with Crippen LogP contribution in [0.5, 0.6) is 0 Å². The highest BCUT2D eigenvalue weighted by molar-refractivity contribution is 7.98. The predicted octanol–water partition coefficient (Wildman–Crippen LogP) is 0.837. The number of primary amides is 1. The SMILES string of the molecule is NCCCC[C@@H]1NC(=O)CCSCc2cccc(c2)CSC[C@@H](C(N)=O)NC(=O)[C@@H]2C[C@@H](Cc3ccc(F)cc3)CN2C(=O)[C@H](CC2CCC(O)CC2)NC(=O)[C@H](CC2CNCN2)NC(=O)[C@H](CC(=O)O)NC(=O)[C@H](CC2CNC3CCC(F)CC23)NC(=O)[C@H](CC2CNC3CCC(F)CC23)NC(=O)CNC1=O. The van der Waals surface area contributed by atoms with Crippen LogP contribution in [0.3, 0.4) is 0 Å². The molecule has 108 heavy (non-hydrogen) atoms. The number of nitrogens with one attached hydrogen (secondary N) is 12. The van der Waals surface area contributed by atoms with Crippen LogP contribution in [-0.4, -0.2) is 223 Å². The number of hydrogen-bond acceptors (Lipinski definition) is 19. The number of nitrogens with zero attached hydrogens (tertiary/aromatic N) is 1. The van der Waals surface area contributed by atoms with Crippen molar-refractivity contribution in [2.24, 2.45) is 47.0 Å². The van der Waals surface area contributed by atoms with Gasteiger partial charge in [0.1, 0.15) is 66.5 Å². The summed E-state index contributed by atoms with van der Waals surface area (Å²) in [4.78, 5) is 161. The summed E-state index contributed by atoms with van der Waals surface area (Å²) in [5.74, 6) is -10.7. The van der Waals surface area contributed by atoms with Gasteiger partial charge in [-0.25, -0.2) is 13.2 Å². The van der Waals surface area contributed by atoms with Gasteiger partial charge < -0.3 is 90.4 Å². The minimum absolute atomic E-state index is 0.0177. The third kappa shape index (κ3) is 24.4. The van der Waals surface area contributed by atoms with E-state index in [1.165, 1.54) is 40.6 Å². The van der Waals surface area contributed by atoms with Gasteiger partial charge in [0.05, 0.1) is 19.1 Å². The van der Waals surface area contributed by atoms with Crippen LogP contribution in [0.25, 0.3) is 0 Å². The van der Waals surface area contributed by atoms with Crippen LogP contribution in [0.2, 0.25) is 0 Å². The van der Waals surface area contributed by atoms with Crippen LogP contribution >= 0.6 is 23.5 Å². The number of alkyl halides is 2. The number of halogens is 3. The number of aliphatic hydroxyl groups is 1. The Morgan fingerprint density at radius 2 is 1.19 bits per heavy atom. The third-order valence-corrected chi connectivity index (χ3v) is 25.1. The molecule has 8 aliphatic rings. The van der Waals surface area contributed by atoms with Crippen molar-refractivity contribution in [1.82, 2.24) is 68.7 Å². The largest absolute Gasteiger partial charge is 0.481 e. The van der Waals surface area contributed by atoms with Crippen molar-refractivity contribution in [1.29, 1.82) is 0 Å². The molecule has 5 aliphatic heterocycles. The van der Waals surface area contributed by atoms with Crippen molar-refractivity contribution in [3.8, 4) is 0 Å². The van der Waals surface area contributed by atoms with E-state index in [1.807, 2.05) is 24.3 Å². The van der Waals surface area contributed by atoms with Gasteiger partial charge in [-0.3, -0.25) is 52.7 Å². The topological polar surface area (TPSA) is 428 Å². The molecule has 2 bridgehead atoms. The first kappa shape index (κ1) is 83.3. The van der Waals surface area contributed by atoms with Crippen molar-refractivity contribution in [2.75, 3.05) is 57.4 Å². The average Bonchev–Trinajstić information content (AvgIpc) is 1.67. The van der Waals surface area contributed by atoms with E-state index < -0.39 is 168 Å². The lowest BCUT2D eigenvalue weighted by molar-refractivity contribution is -0.143. The van der Waals surface area contributed by atoms with Gasteiger partial charge in [0.2, 0.25) is 59.1 Å². The molecule has 4 saturated heterocycles. The van der Waals surface area contributed by atoms with Crippen molar-refractivity contribution < 1.29 is 76.1 Å². The van der Waals surface area contributed by atoms with Crippen molar-refractivity contribution in [3.05, 3.63) is 71.0 Å². The molecule has 2 aromatic rings. The Balaban J connectivity index is 0.973. The standard InChI is InChI=1S/C75H110F3N15O13S2/c76-48-11-7-41(8-12-48)22-45-25-64-74(105)92-63(68(80)99)39-108-38-44-5-3-4-43(23-44)37-107-21-19-65(95)86-57(6-1-2-20-79)69(100)84-35-66(96)87-58(26-46-32-82-55-17-13-49(77)28-53(46)55)70(101)88-59(27-47-33-83-56-18-14-50(78)29-54(47)56)71(102)90-61(31-67(97)98)73(104)89-60(30-51-34-81-40-85-51)72(103)91-62(75(106)93(64)36-45)24-42-9-15-52(94)16-10-42/h3-5,7-8,11-12,23,42,45-47,49-64,81-83,85,94H,1-2,6,9-10,13-22,24-40,79H2,(H2,80,99)(H,84,100)(H,86,95)(H,87,96)(H,88,101)(H,89,104)(H,90,102)(H,91,103)(H,92,105)(H,97,98)/t42?,45-,46?,47?,49?,50?,51?,52?,53?,54?,55?,56?,57+,58+,59+,60+,61+,62+,63+,64+/m1/s1. The number of nitrogens with two attached hydrogens (primary N) is 2. The Bertz CT molecular complexity index is 3440. The van der Waals surface area contributed by atoms with E-state index in [1.54, 1.807) is 12.1 Å². The van der Waals surface area contributed by atoms with E-state index in [4.69, 9.17) is 11.5 Å². The maximum Gasteiger partial charge on any atom is 0.305 e. The molecule has 33 heteroatoms. The number of carboxylic acid groups (broad SMARTS) is 1. The lowest BCUT2D eigenvalue weighted by Gasteiger charge is -2.34. The van der Waals surface area contributed by atoms with Crippen LogP contribution in [0.1, 0.15) is 145 Å². The van der Waals surface area contributed by atoms with E-state index in [-0.39, 0.29) is 106 Å². The highest BCUT2D eigenvalue weighted by atomic mass is 32.2. The van der Waals surface area contributed by atoms with Crippen LogP contribution in [0.15, 0.2) is 48.5 Å². The molecule has 9 unspecified atom stereocenters. The van der Waals surface area contributed by atoms with Gasteiger partial charge in [-0.1, -0.05) is 36.4 Å². The Labute approximate surface area is 637 Å². The first-order valence-electron chi connectivity index (χ1n) is 38.7. The van der Waals surface area contributed by atoms with Gasteiger partial charge in [0.15, 0.2) is 0 Å². The first-order valence-corrected chi connectivity index (χ1v) is 41.0. The second-order valence-electron chi connectivity index (χ2n) is 31.0. The smallest absolute Gasteiger partial charge is 0.305 e. The third-order valence-electron chi connectivity index (χ3n) is 23.0. The van der Waals surface area contributed by atoms with Gasteiger partial charge >= 0.3 is 5.97 Å². The van der Waals surface area contributed by atoms with Gasteiger partial charge in [0, 0.05) is 67.3 Å². The fourth-order valence-electron chi connectivity index (χ4n) is 17.2. The number of hydrogen-bond donors (Lipinski definition) is 16. The maximum atomic E-state index is 15.7. The van der Waals surface area contributed by atoms with Crippen LogP contribution in [-0.2, 0) is 70.7 Å². The lowest BCUT2D eigenvalue weighted by Crippen LogP contribution is -2.61. The highest BCUT2D eigenvalue weighted by Gasteiger charge is 2.48. The van der Waals surface area contributed by atoms with E-state index in [0.29, 0.717) is 121 Å². The zero-order valence-corrected chi connectivity index (χ0v) is 62.9. The number of aliphatic carboxylic acids is 1. The molecule has 0 spiro atoms. The number of unbranched alkanes of at least 4 members (excludes halogenated alkanes) is 1. The van der Waals surface area contributed by atoms with Gasteiger partial charge in [-0.15, -0.1) is 0 Å². The summed E-state index contributed by atoms with van der Waals surface area (Å²) in [5, 5.41) is 56.4. The number of rotatable bonds is 17. The zero-order chi connectivity index (χ0) is 77.0. The Morgan fingerprint density at radius 3 is 1.80 bits per heavy atom. The molecular weight excluding hydrogens is 1440 g/mol. The van der Waals surface area contributed by atoms with E-state index in [2.05, 4.69) is 63.8 Å². The van der Waals surface area contributed by atoms with Crippen LogP contribution in [0, 0.1) is 41.3 Å². The van der Waals surface area contributed by atoms with E-state index in [9.17, 15) is 43.4 Å². The Hall–Kier alpha value is -7.14. The number of carbonyl (C=O) groups is 11. The number of thioether (sulfide) groups is 2. The summed E-state index contributed by atoms with van der Waals surface area (Å²) in [6, 6.07) is 1.45. The van der Waals surface area contributed by atoms with Gasteiger partial charge in [-0.05, 0) is 206 Å². The first-order chi connectivity index (χ1) is 51.9. The number of benzene rings is 2. The molecule has 3 saturated carbocycles. The number of aliphatic hydroxyl groups excluding tert-OH is 1. The molecular formula is C75H110F3N15O13S2. The molecule has 28 nitrogen and oxygen atoms in total. The fraction of sp³-hybridized carbons (Fsp3) is 0.693. The number of amides is 10. The quantitative estimate of drug-likeness (QED) is 0.0976. The minimum atomic E-state index is -1.94. The number of fused-ring (bicyclic) bond motifs is 5. The Morgan fingerprint density at radius 1 is 0.593 bits per heavy atom. The van der Waals surface area contributed by atoms with Gasteiger partial charge in [0.25, 0.3) is 0 Å². The molecule has 5 heterocycles. The number of carbonyl (C=O) groups excluding carboxylic acids is 10. The summed E-state index contributed by atoms with van der Waals surface area (Å²) >= 11 is 2.82. The molecule has 10 rings (SSSR count). The van der Waals surface area contributed by atoms with Crippen molar-refractivity contribution in [2.45, 2.75) is 231 Å².